The van der Waals surface area contributed by atoms with Crippen molar-refractivity contribution in [2.45, 2.75) is 12.0 Å². The maximum atomic E-state index is 12.5. The van der Waals surface area contributed by atoms with Gasteiger partial charge in [0.1, 0.15) is 11.5 Å². The highest BCUT2D eigenvalue weighted by molar-refractivity contribution is 5.62. The molecule has 17 heavy (non-hydrogen) atoms. The lowest BCUT2D eigenvalue weighted by Gasteiger charge is -2.31. The molecule has 0 bridgehead atoms. The summed E-state index contributed by atoms with van der Waals surface area (Å²) in [6.07, 6.45) is -3.18. The maximum Gasteiger partial charge on any atom is 0.459 e. The fourth-order valence-electron chi connectivity index (χ4n) is 1.43. The molecule has 0 saturated carbocycles. The molecule has 0 spiro atoms. The van der Waals surface area contributed by atoms with E-state index >= 15 is 0 Å². The first kappa shape index (κ1) is 11.8. The van der Waals surface area contributed by atoms with E-state index < -0.39 is 12.0 Å². The number of benzene rings is 1. The van der Waals surface area contributed by atoms with E-state index in [4.69, 9.17) is 4.74 Å². The predicted octanol–water partition coefficient (Wildman–Crippen LogP) is 2.35. The molecular weight excluding hydrogens is 237 g/mol. The van der Waals surface area contributed by atoms with Crippen molar-refractivity contribution in [3.8, 4) is 11.5 Å². The van der Waals surface area contributed by atoms with Gasteiger partial charge in [0.2, 0.25) is 0 Å². The standard InChI is InChI=1S/C11H9F3O3/c1-16-8-2-3-9-7(6-8)4-5-10(15,17-9)11(12,13)14/h2-6,15H,1H3. The van der Waals surface area contributed by atoms with E-state index in [0.717, 1.165) is 6.08 Å². The zero-order valence-electron chi connectivity index (χ0n) is 8.78. The van der Waals surface area contributed by atoms with Crippen LogP contribution in [0.25, 0.3) is 6.08 Å². The fraction of sp³-hybridized carbons (Fsp3) is 0.273. The van der Waals surface area contributed by atoms with Crippen LogP contribution in [0.4, 0.5) is 13.2 Å². The number of alkyl halides is 3. The molecular formula is C11H9F3O3. The van der Waals surface area contributed by atoms with Crippen molar-refractivity contribution < 1.29 is 27.8 Å². The minimum atomic E-state index is -4.89. The van der Waals surface area contributed by atoms with E-state index in [1.54, 1.807) is 0 Å². The summed E-state index contributed by atoms with van der Waals surface area (Å²) in [5.41, 5.74) is 0.415. The topological polar surface area (TPSA) is 38.7 Å². The van der Waals surface area contributed by atoms with Gasteiger partial charge in [0.15, 0.2) is 0 Å². The first-order valence-corrected chi connectivity index (χ1v) is 4.71. The van der Waals surface area contributed by atoms with Crippen LogP contribution in [0.15, 0.2) is 24.3 Å². The Hall–Kier alpha value is -1.69. The molecule has 1 aliphatic rings. The van der Waals surface area contributed by atoms with Crippen molar-refractivity contribution in [3.05, 3.63) is 29.8 Å². The van der Waals surface area contributed by atoms with Gasteiger partial charge in [-0.25, -0.2) is 0 Å². The van der Waals surface area contributed by atoms with Crippen LogP contribution in [-0.2, 0) is 0 Å². The van der Waals surface area contributed by atoms with E-state index in [0.29, 0.717) is 17.4 Å². The van der Waals surface area contributed by atoms with Crippen LogP contribution < -0.4 is 9.47 Å². The van der Waals surface area contributed by atoms with Crippen molar-refractivity contribution in [1.82, 2.24) is 0 Å². The molecule has 1 aliphatic heterocycles. The fourth-order valence-corrected chi connectivity index (χ4v) is 1.43. The number of hydrogen-bond acceptors (Lipinski definition) is 3. The van der Waals surface area contributed by atoms with Crippen molar-refractivity contribution in [2.24, 2.45) is 0 Å². The summed E-state index contributed by atoms with van der Waals surface area (Å²) in [6, 6.07) is 4.28. The molecule has 0 aliphatic carbocycles. The molecule has 0 radical (unpaired) electrons. The van der Waals surface area contributed by atoms with Gasteiger partial charge in [0, 0.05) is 5.56 Å². The summed E-state index contributed by atoms with van der Waals surface area (Å²) in [6.45, 7) is 0. The van der Waals surface area contributed by atoms with Gasteiger partial charge in [0.05, 0.1) is 7.11 Å². The third-order valence-corrected chi connectivity index (χ3v) is 2.38. The molecule has 0 aromatic heterocycles. The van der Waals surface area contributed by atoms with E-state index in [-0.39, 0.29) is 5.75 Å². The molecule has 0 saturated heterocycles. The largest absolute Gasteiger partial charge is 0.497 e. The van der Waals surface area contributed by atoms with E-state index in [1.807, 2.05) is 0 Å². The van der Waals surface area contributed by atoms with Gasteiger partial charge in [-0.05, 0) is 30.4 Å². The van der Waals surface area contributed by atoms with Crippen LogP contribution in [0.2, 0.25) is 0 Å². The Kier molecular flexibility index (Phi) is 2.54. The van der Waals surface area contributed by atoms with Crippen LogP contribution in [0, 0.1) is 0 Å². The van der Waals surface area contributed by atoms with Gasteiger partial charge >= 0.3 is 12.0 Å². The van der Waals surface area contributed by atoms with Gasteiger partial charge in [0.25, 0.3) is 0 Å². The zero-order chi connectivity index (χ0) is 12.7. The second-order valence-electron chi connectivity index (χ2n) is 3.53. The lowest BCUT2D eigenvalue weighted by molar-refractivity contribution is -0.311. The van der Waals surface area contributed by atoms with Gasteiger partial charge in [-0.15, -0.1) is 0 Å². The third-order valence-electron chi connectivity index (χ3n) is 2.38. The predicted molar refractivity (Wildman–Crippen MR) is 53.7 cm³/mol. The molecule has 6 heteroatoms. The van der Waals surface area contributed by atoms with Crippen LogP contribution in [-0.4, -0.2) is 24.2 Å². The molecule has 92 valence electrons. The van der Waals surface area contributed by atoms with Crippen molar-refractivity contribution in [3.63, 3.8) is 0 Å². The molecule has 0 fully saturated rings. The van der Waals surface area contributed by atoms with Crippen molar-refractivity contribution >= 4 is 6.08 Å². The minimum Gasteiger partial charge on any atom is -0.497 e. The summed E-state index contributed by atoms with van der Waals surface area (Å²) in [4.78, 5) is 0. The summed E-state index contributed by atoms with van der Waals surface area (Å²) in [5, 5.41) is 9.32. The van der Waals surface area contributed by atoms with Gasteiger partial charge in [-0.2, -0.15) is 13.2 Å². The number of ether oxygens (including phenoxy) is 2. The van der Waals surface area contributed by atoms with E-state index in [1.165, 1.54) is 25.3 Å². The second-order valence-corrected chi connectivity index (χ2v) is 3.53. The average molecular weight is 246 g/mol. The van der Waals surface area contributed by atoms with E-state index in [9.17, 15) is 18.3 Å². The number of methoxy groups -OCH3 is 1. The smallest absolute Gasteiger partial charge is 0.459 e. The summed E-state index contributed by atoms with van der Waals surface area (Å²) < 4.78 is 47.0. The lowest BCUT2D eigenvalue weighted by Crippen LogP contribution is -2.49. The molecule has 1 aromatic rings. The van der Waals surface area contributed by atoms with Gasteiger partial charge in [-0.3, -0.25) is 0 Å². The Morgan fingerprint density at radius 2 is 2.06 bits per heavy atom. The summed E-state index contributed by atoms with van der Waals surface area (Å²) in [7, 11) is 1.45. The minimum absolute atomic E-state index is 0.0480. The number of halogens is 3. The summed E-state index contributed by atoms with van der Waals surface area (Å²) in [5.74, 6) is -2.82. The molecule has 1 unspecified atom stereocenters. The quantitative estimate of drug-likeness (QED) is 0.826. The molecule has 3 nitrogen and oxygen atoms in total. The highest BCUT2D eigenvalue weighted by Crippen LogP contribution is 2.40. The number of aliphatic hydroxyl groups is 1. The maximum absolute atomic E-state index is 12.5. The van der Waals surface area contributed by atoms with Crippen LogP contribution >= 0.6 is 0 Å². The highest BCUT2D eigenvalue weighted by Gasteiger charge is 2.56. The first-order valence-electron chi connectivity index (χ1n) is 4.71. The Morgan fingerprint density at radius 1 is 1.35 bits per heavy atom. The number of fused-ring (bicyclic) bond motifs is 1. The lowest BCUT2D eigenvalue weighted by atomic mass is 10.1. The van der Waals surface area contributed by atoms with Crippen LogP contribution in [0.3, 0.4) is 0 Å². The summed E-state index contributed by atoms with van der Waals surface area (Å²) >= 11 is 0. The van der Waals surface area contributed by atoms with Crippen molar-refractivity contribution in [2.75, 3.05) is 7.11 Å². The van der Waals surface area contributed by atoms with Gasteiger partial charge in [-0.1, -0.05) is 0 Å². The van der Waals surface area contributed by atoms with Gasteiger partial charge < -0.3 is 14.6 Å². The second kappa shape index (κ2) is 3.66. The van der Waals surface area contributed by atoms with Crippen LogP contribution in [0.5, 0.6) is 11.5 Å². The molecule has 1 atom stereocenters. The number of hydrogen-bond donors (Lipinski definition) is 1. The van der Waals surface area contributed by atoms with E-state index in [2.05, 4.69) is 4.74 Å². The normalized spacial score (nSPS) is 22.9. The molecule has 1 heterocycles. The van der Waals surface area contributed by atoms with Crippen LogP contribution in [0.1, 0.15) is 5.56 Å². The SMILES string of the molecule is COc1ccc2c(c1)C=CC(O)(C(F)(F)F)O2. The zero-order valence-corrected chi connectivity index (χ0v) is 8.78. The molecule has 0 amide bonds. The molecule has 1 aromatic carbocycles. The Morgan fingerprint density at radius 3 is 2.65 bits per heavy atom. The Labute approximate surface area is 95.1 Å². The monoisotopic (exact) mass is 246 g/mol. The highest BCUT2D eigenvalue weighted by atomic mass is 19.4. The molecule has 2 rings (SSSR count). The number of rotatable bonds is 1. The molecule has 1 N–H and O–H groups in total. The average Bonchev–Trinajstić information content (AvgIpc) is 2.27. The first-order chi connectivity index (χ1) is 7.86. The van der Waals surface area contributed by atoms with Crippen molar-refractivity contribution in [1.29, 1.82) is 0 Å². The third kappa shape index (κ3) is 1.95. The Bertz CT molecular complexity index is 468. The Balaban J connectivity index is 2.39.